The Bertz CT molecular complexity index is 674. The van der Waals surface area contributed by atoms with Crippen LogP contribution in [0.5, 0.6) is 0 Å². The summed E-state index contributed by atoms with van der Waals surface area (Å²) in [5, 5.41) is 0. The fourth-order valence-electron chi connectivity index (χ4n) is 2.59. The molecule has 0 fully saturated rings. The maximum absolute atomic E-state index is 12.7. The summed E-state index contributed by atoms with van der Waals surface area (Å²) in [6, 6.07) is 7.88. The quantitative estimate of drug-likeness (QED) is 0.471. The van der Waals surface area contributed by atoms with E-state index in [1.165, 1.54) is 7.11 Å². The molecule has 1 amide bonds. The van der Waals surface area contributed by atoms with Crippen LogP contribution in [0.2, 0.25) is 0 Å². The second-order valence-electron chi connectivity index (χ2n) is 5.24. The lowest BCUT2D eigenvalue weighted by Crippen LogP contribution is -2.25. The van der Waals surface area contributed by atoms with Crippen molar-refractivity contribution >= 4 is 29.7 Å². The average Bonchev–Trinajstić information content (AvgIpc) is 2.80. The fourth-order valence-corrected chi connectivity index (χ4v) is 3.00. The molecule has 1 aliphatic heterocycles. The Morgan fingerprint density at radius 2 is 1.96 bits per heavy atom. The zero-order valence-corrected chi connectivity index (χ0v) is 14.7. The summed E-state index contributed by atoms with van der Waals surface area (Å²) >= 11 is 1.66. The SMILES string of the molecule is CCCN1C(=O)/C(=C/c2ccc(SC)cc2)C(C(=O)OC)=C1C. The van der Waals surface area contributed by atoms with Crippen LogP contribution in [0, 0.1) is 0 Å². The molecule has 0 spiro atoms. The lowest BCUT2D eigenvalue weighted by Gasteiger charge is -2.16. The van der Waals surface area contributed by atoms with Gasteiger partial charge >= 0.3 is 5.97 Å². The van der Waals surface area contributed by atoms with Crippen LogP contribution in [-0.4, -0.2) is 36.7 Å². The lowest BCUT2D eigenvalue weighted by molar-refractivity contribution is -0.136. The number of hydrogen-bond donors (Lipinski definition) is 0. The molecular formula is C18H21NO3S. The third-order valence-corrected chi connectivity index (χ3v) is 4.52. The van der Waals surface area contributed by atoms with Crippen molar-refractivity contribution in [1.82, 2.24) is 4.90 Å². The molecule has 122 valence electrons. The van der Waals surface area contributed by atoms with Crippen LogP contribution in [0.4, 0.5) is 0 Å². The van der Waals surface area contributed by atoms with Gasteiger partial charge in [0.15, 0.2) is 0 Å². The fraction of sp³-hybridized carbons (Fsp3) is 0.333. The van der Waals surface area contributed by atoms with E-state index in [1.807, 2.05) is 37.4 Å². The van der Waals surface area contributed by atoms with Gasteiger partial charge in [-0.1, -0.05) is 19.1 Å². The number of nitrogens with zero attached hydrogens (tertiary/aromatic N) is 1. The number of allylic oxidation sites excluding steroid dienone is 1. The molecule has 0 aliphatic carbocycles. The number of carbonyl (C=O) groups excluding carboxylic acids is 2. The normalized spacial score (nSPS) is 16.4. The highest BCUT2D eigenvalue weighted by atomic mass is 32.2. The van der Waals surface area contributed by atoms with Gasteiger partial charge < -0.3 is 9.64 Å². The van der Waals surface area contributed by atoms with Crippen molar-refractivity contribution in [3.8, 4) is 0 Å². The molecule has 1 aromatic carbocycles. The molecule has 4 nitrogen and oxygen atoms in total. The summed E-state index contributed by atoms with van der Waals surface area (Å²) in [4.78, 5) is 27.6. The highest BCUT2D eigenvalue weighted by molar-refractivity contribution is 7.98. The molecule has 2 rings (SSSR count). The molecule has 0 saturated carbocycles. The van der Waals surface area contributed by atoms with Crippen molar-refractivity contribution in [1.29, 1.82) is 0 Å². The van der Waals surface area contributed by atoms with Gasteiger partial charge in [-0.25, -0.2) is 4.79 Å². The summed E-state index contributed by atoms with van der Waals surface area (Å²) in [6.45, 7) is 4.38. The molecule has 0 saturated heterocycles. The summed E-state index contributed by atoms with van der Waals surface area (Å²) in [5.74, 6) is -0.611. The maximum Gasteiger partial charge on any atom is 0.340 e. The van der Waals surface area contributed by atoms with E-state index < -0.39 is 5.97 Å². The molecule has 0 N–H and O–H groups in total. The van der Waals surface area contributed by atoms with E-state index in [4.69, 9.17) is 4.74 Å². The highest BCUT2D eigenvalue weighted by Gasteiger charge is 2.36. The van der Waals surface area contributed by atoms with E-state index in [-0.39, 0.29) is 5.91 Å². The predicted octanol–water partition coefficient (Wildman–Crippen LogP) is 3.49. The number of thioether (sulfide) groups is 1. The molecule has 0 bridgehead atoms. The van der Waals surface area contributed by atoms with Crippen LogP contribution < -0.4 is 0 Å². The van der Waals surface area contributed by atoms with Crippen LogP contribution in [0.15, 0.2) is 46.0 Å². The van der Waals surface area contributed by atoms with Crippen LogP contribution >= 0.6 is 11.8 Å². The monoisotopic (exact) mass is 331 g/mol. The highest BCUT2D eigenvalue weighted by Crippen LogP contribution is 2.31. The molecule has 23 heavy (non-hydrogen) atoms. The summed E-state index contributed by atoms with van der Waals surface area (Å²) in [6.07, 6.45) is 4.60. The number of rotatable bonds is 5. The number of amides is 1. The first-order valence-corrected chi connectivity index (χ1v) is 8.73. The zero-order chi connectivity index (χ0) is 17.0. The lowest BCUT2D eigenvalue weighted by atomic mass is 10.0. The van der Waals surface area contributed by atoms with Gasteiger partial charge in [-0.15, -0.1) is 11.8 Å². The van der Waals surface area contributed by atoms with E-state index in [2.05, 4.69) is 0 Å². The van der Waals surface area contributed by atoms with Crippen molar-refractivity contribution in [3.05, 3.63) is 46.7 Å². The third kappa shape index (κ3) is 3.50. The minimum Gasteiger partial charge on any atom is -0.465 e. The van der Waals surface area contributed by atoms with E-state index in [1.54, 1.807) is 29.7 Å². The number of ether oxygens (including phenoxy) is 1. The van der Waals surface area contributed by atoms with Gasteiger partial charge in [0.2, 0.25) is 0 Å². The minimum absolute atomic E-state index is 0.140. The second-order valence-corrected chi connectivity index (χ2v) is 6.12. The first kappa shape index (κ1) is 17.3. The molecule has 1 heterocycles. The summed E-state index contributed by atoms with van der Waals surface area (Å²) < 4.78 is 4.86. The zero-order valence-electron chi connectivity index (χ0n) is 13.9. The number of methoxy groups -OCH3 is 1. The van der Waals surface area contributed by atoms with E-state index >= 15 is 0 Å². The summed E-state index contributed by atoms with van der Waals surface area (Å²) in [5.41, 5.74) is 2.31. The van der Waals surface area contributed by atoms with Crippen LogP contribution in [-0.2, 0) is 14.3 Å². The van der Waals surface area contributed by atoms with Crippen molar-refractivity contribution in [2.24, 2.45) is 0 Å². The van der Waals surface area contributed by atoms with Gasteiger partial charge in [0, 0.05) is 17.1 Å². The first-order chi connectivity index (χ1) is 11.0. The molecule has 0 unspecified atom stereocenters. The first-order valence-electron chi connectivity index (χ1n) is 7.50. The number of carbonyl (C=O) groups is 2. The van der Waals surface area contributed by atoms with Gasteiger partial charge in [-0.2, -0.15) is 0 Å². The smallest absolute Gasteiger partial charge is 0.340 e. The third-order valence-electron chi connectivity index (χ3n) is 3.78. The Hall–Kier alpha value is -2.01. The Morgan fingerprint density at radius 1 is 1.30 bits per heavy atom. The molecule has 0 radical (unpaired) electrons. The Kier molecular flexibility index (Phi) is 5.66. The van der Waals surface area contributed by atoms with Gasteiger partial charge in [0.05, 0.1) is 18.3 Å². The van der Waals surface area contributed by atoms with Crippen LogP contribution in [0.1, 0.15) is 25.8 Å². The molecule has 1 aliphatic rings. The standard InChI is InChI=1S/C18H21NO3S/c1-5-10-19-12(2)16(18(21)22-3)15(17(19)20)11-13-6-8-14(23-4)9-7-13/h6-9,11H,5,10H2,1-4H3/b15-11+. The maximum atomic E-state index is 12.7. The largest absolute Gasteiger partial charge is 0.465 e. The van der Waals surface area contributed by atoms with Gasteiger partial charge in [-0.3, -0.25) is 4.79 Å². The Balaban J connectivity index is 2.46. The van der Waals surface area contributed by atoms with E-state index in [0.29, 0.717) is 23.4 Å². The summed E-state index contributed by atoms with van der Waals surface area (Å²) in [7, 11) is 1.33. The molecule has 0 aromatic heterocycles. The average molecular weight is 331 g/mol. The van der Waals surface area contributed by atoms with Crippen LogP contribution in [0.3, 0.4) is 0 Å². The molecule has 1 aromatic rings. The number of benzene rings is 1. The van der Waals surface area contributed by atoms with Crippen molar-refractivity contribution in [2.45, 2.75) is 25.2 Å². The van der Waals surface area contributed by atoms with Crippen molar-refractivity contribution < 1.29 is 14.3 Å². The molecule has 0 atom stereocenters. The topological polar surface area (TPSA) is 46.6 Å². The molecular weight excluding hydrogens is 310 g/mol. The second kappa shape index (κ2) is 7.51. The van der Waals surface area contributed by atoms with E-state index in [9.17, 15) is 9.59 Å². The van der Waals surface area contributed by atoms with Gasteiger partial charge in [0.25, 0.3) is 5.91 Å². The van der Waals surface area contributed by atoms with Crippen molar-refractivity contribution in [3.63, 3.8) is 0 Å². The van der Waals surface area contributed by atoms with Gasteiger partial charge in [0.1, 0.15) is 0 Å². The van der Waals surface area contributed by atoms with Crippen molar-refractivity contribution in [2.75, 3.05) is 19.9 Å². The number of hydrogen-bond acceptors (Lipinski definition) is 4. The minimum atomic E-state index is -0.471. The van der Waals surface area contributed by atoms with Crippen LogP contribution in [0.25, 0.3) is 6.08 Å². The van der Waals surface area contributed by atoms with Gasteiger partial charge in [-0.05, 0) is 43.4 Å². The Labute approximate surface area is 141 Å². The Morgan fingerprint density at radius 3 is 2.48 bits per heavy atom. The molecule has 5 heteroatoms. The number of esters is 1. The predicted molar refractivity (Wildman–Crippen MR) is 92.9 cm³/mol. The van der Waals surface area contributed by atoms with E-state index in [0.717, 1.165) is 16.9 Å².